The van der Waals surface area contributed by atoms with Crippen LogP contribution in [0.25, 0.3) is 5.95 Å². The van der Waals surface area contributed by atoms with Gasteiger partial charge in [-0.3, -0.25) is 0 Å². The first-order chi connectivity index (χ1) is 9.15. The van der Waals surface area contributed by atoms with E-state index in [1.807, 2.05) is 24.2 Å². The molecule has 0 amide bonds. The molecular weight excluding hydrogens is 242 g/mol. The number of hydrogen-bond donors (Lipinski definition) is 1. The lowest BCUT2D eigenvalue weighted by Crippen LogP contribution is -2.30. The van der Waals surface area contributed by atoms with E-state index in [-0.39, 0.29) is 0 Å². The monoisotopic (exact) mass is 261 g/mol. The lowest BCUT2D eigenvalue weighted by Gasteiger charge is -2.24. The minimum atomic E-state index is 0.359. The normalized spacial score (nSPS) is 12.2. The summed E-state index contributed by atoms with van der Waals surface area (Å²) < 4.78 is 1.62. The largest absolute Gasteiger partial charge is 0.357 e. The Balaban J connectivity index is 2.42. The third kappa shape index (κ3) is 2.81. The van der Waals surface area contributed by atoms with Gasteiger partial charge in [-0.2, -0.15) is 20.1 Å². The molecule has 1 N–H and O–H groups in total. The minimum absolute atomic E-state index is 0.359. The van der Waals surface area contributed by atoms with Gasteiger partial charge in [-0.25, -0.2) is 4.68 Å². The molecule has 2 heterocycles. The Morgan fingerprint density at radius 1 is 1.37 bits per heavy atom. The van der Waals surface area contributed by atoms with E-state index < -0.39 is 0 Å². The van der Waals surface area contributed by atoms with Gasteiger partial charge in [-0.05, 0) is 19.4 Å². The standard InChI is InChI=1S/C12H19N7/c1-5-9(2)18(4)11-15-10(13-3)16-12(17-11)19-8-6-7-14-19/h6-9H,5H2,1-4H3,(H,13,15,16,17). The Morgan fingerprint density at radius 3 is 2.74 bits per heavy atom. The van der Waals surface area contributed by atoms with Crippen LogP contribution in [0.2, 0.25) is 0 Å². The zero-order valence-corrected chi connectivity index (χ0v) is 11.7. The summed E-state index contributed by atoms with van der Waals surface area (Å²) in [6, 6.07) is 2.19. The molecule has 0 aromatic carbocycles. The van der Waals surface area contributed by atoms with Crippen LogP contribution < -0.4 is 10.2 Å². The second kappa shape index (κ2) is 5.64. The summed E-state index contributed by atoms with van der Waals surface area (Å²) in [5.41, 5.74) is 0. The summed E-state index contributed by atoms with van der Waals surface area (Å²) in [4.78, 5) is 15.2. The maximum Gasteiger partial charge on any atom is 0.257 e. The van der Waals surface area contributed by atoms with Gasteiger partial charge in [-0.1, -0.05) is 6.92 Å². The Labute approximate surface area is 112 Å². The number of aromatic nitrogens is 5. The van der Waals surface area contributed by atoms with Crippen LogP contribution in [0.4, 0.5) is 11.9 Å². The second-order valence-electron chi connectivity index (χ2n) is 4.33. The molecule has 7 nitrogen and oxygen atoms in total. The van der Waals surface area contributed by atoms with E-state index in [1.165, 1.54) is 0 Å². The zero-order chi connectivity index (χ0) is 13.8. The average Bonchev–Trinajstić information content (AvgIpc) is 2.99. The van der Waals surface area contributed by atoms with E-state index in [4.69, 9.17) is 0 Å². The van der Waals surface area contributed by atoms with Crippen LogP contribution in [0, 0.1) is 0 Å². The summed E-state index contributed by atoms with van der Waals surface area (Å²) in [6.07, 6.45) is 4.52. The number of nitrogens with zero attached hydrogens (tertiary/aromatic N) is 6. The molecule has 0 radical (unpaired) electrons. The van der Waals surface area contributed by atoms with Crippen LogP contribution in [0.5, 0.6) is 0 Å². The lowest BCUT2D eigenvalue weighted by atomic mass is 10.2. The average molecular weight is 261 g/mol. The molecule has 2 aromatic rings. The fraction of sp³-hybridized carbons (Fsp3) is 0.500. The summed E-state index contributed by atoms with van der Waals surface area (Å²) in [6.45, 7) is 4.27. The highest BCUT2D eigenvalue weighted by atomic mass is 15.4. The third-order valence-corrected chi connectivity index (χ3v) is 3.11. The Hall–Kier alpha value is -2.18. The molecule has 0 fully saturated rings. The van der Waals surface area contributed by atoms with Crippen molar-refractivity contribution in [3.63, 3.8) is 0 Å². The maximum absolute atomic E-state index is 4.46. The molecule has 0 bridgehead atoms. The van der Waals surface area contributed by atoms with Crippen molar-refractivity contribution in [3.8, 4) is 5.95 Å². The van der Waals surface area contributed by atoms with E-state index in [0.29, 0.717) is 23.9 Å². The van der Waals surface area contributed by atoms with Crippen molar-refractivity contribution in [1.82, 2.24) is 24.7 Å². The van der Waals surface area contributed by atoms with Crippen molar-refractivity contribution in [1.29, 1.82) is 0 Å². The van der Waals surface area contributed by atoms with E-state index in [0.717, 1.165) is 6.42 Å². The molecule has 102 valence electrons. The first-order valence-corrected chi connectivity index (χ1v) is 6.32. The molecular formula is C12H19N7. The van der Waals surface area contributed by atoms with Crippen molar-refractivity contribution in [3.05, 3.63) is 18.5 Å². The molecule has 1 atom stereocenters. The van der Waals surface area contributed by atoms with E-state index >= 15 is 0 Å². The number of nitrogens with one attached hydrogen (secondary N) is 1. The maximum atomic E-state index is 4.46. The van der Waals surface area contributed by atoms with Gasteiger partial charge in [0, 0.05) is 32.5 Å². The first kappa shape index (κ1) is 13.3. The molecule has 0 aliphatic rings. The highest BCUT2D eigenvalue weighted by Crippen LogP contribution is 2.14. The smallest absolute Gasteiger partial charge is 0.257 e. The highest BCUT2D eigenvalue weighted by Gasteiger charge is 2.14. The van der Waals surface area contributed by atoms with Crippen molar-refractivity contribution >= 4 is 11.9 Å². The van der Waals surface area contributed by atoms with Gasteiger partial charge in [0.15, 0.2) is 0 Å². The topological polar surface area (TPSA) is 71.8 Å². The first-order valence-electron chi connectivity index (χ1n) is 6.32. The van der Waals surface area contributed by atoms with Gasteiger partial charge in [0.1, 0.15) is 0 Å². The van der Waals surface area contributed by atoms with Crippen molar-refractivity contribution in [2.45, 2.75) is 26.3 Å². The predicted molar refractivity (Wildman–Crippen MR) is 74.7 cm³/mol. The van der Waals surface area contributed by atoms with Gasteiger partial charge in [-0.15, -0.1) is 0 Å². The fourth-order valence-electron chi connectivity index (χ4n) is 1.58. The van der Waals surface area contributed by atoms with Crippen LogP contribution in [-0.2, 0) is 0 Å². The number of anilines is 2. The third-order valence-electron chi connectivity index (χ3n) is 3.11. The lowest BCUT2D eigenvalue weighted by molar-refractivity contribution is 0.643. The van der Waals surface area contributed by atoms with Crippen LogP contribution in [-0.4, -0.2) is 44.9 Å². The Kier molecular flexibility index (Phi) is 3.94. The molecule has 0 saturated heterocycles. The summed E-state index contributed by atoms with van der Waals surface area (Å²) in [5, 5.41) is 7.10. The zero-order valence-electron chi connectivity index (χ0n) is 11.7. The molecule has 7 heteroatoms. The molecule has 19 heavy (non-hydrogen) atoms. The molecule has 0 aliphatic carbocycles. The Bertz CT molecular complexity index is 523. The molecule has 0 saturated carbocycles. The highest BCUT2D eigenvalue weighted by molar-refractivity contribution is 5.39. The van der Waals surface area contributed by atoms with Crippen LogP contribution in [0.3, 0.4) is 0 Å². The molecule has 0 aliphatic heterocycles. The van der Waals surface area contributed by atoms with Crippen molar-refractivity contribution in [2.24, 2.45) is 0 Å². The van der Waals surface area contributed by atoms with Crippen molar-refractivity contribution < 1.29 is 0 Å². The molecule has 2 rings (SSSR count). The van der Waals surface area contributed by atoms with Gasteiger partial charge < -0.3 is 10.2 Å². The summed E-state index contributed by atoms with van der Waals surface area (Å²) in [7, 11) is 3.77. The molecule has 2 aromatic heterocycles. The quantitative estimate of drug-likeness (QED) is 0.875. The molecule has 0 spiro atoms. The number of rotatable bonds is 5. The minimum Gasteiger partial charge on any atom is -0.357 e. The fourth-order valence-corrected chi connectivity index (χ4v) is 1.58. The van der Waals surface area contributed by atoms with Crippen LogP contribution in [0.15, 0.2) is 18.5 Å². The van der Waals surface area contributed by atoms with Gasteiger partial charge in [0.2, 0.25) is 11.9 Å². The Morgan fingerprint density at radius 2 is 2.16 bits per heavy atom. The van der Waals surface area contributed by atoms with Gasteiger partial charge >= 0.3 is 0 Å². The van der Waals surface area contributed by atoms with E-state index in [9.17, 15) is 0 Å². The summed E-state index contributed by atoms with van der Waals surface area (Å²) in [5.74, 6) is 1.68. The van der Waals surface area contributed by atoms with E-state index in [2.05, 4.69) is 39.2 Å². The number of hydrogen-bond acceptors (Lipinski definition) is 6. The van der Waals surface area contributed by atoms with Crippen molar-refractivity contribution in [2.75, 3.05) is 24.3 Å². The summed E-state index contributed by atoms with van der Waals surface area (Å²) >= 11 is 0. The van der Waals surface area contributed by atoms with Crippen LogP contribution >= 0.6 is 0 Å². The SMILES string of the molecule is CCC(C)N(C)c1nc(NC)nc(-n2cccn2)n1. The second-order valence-corrected chi connectivity index (χ2v) is 4.33. The van der Waals surface area contributed by atoms with E-state index in [1.54, 1.807) is 17.9 Å². The van der Waals surface area contributed by atoms with Gasteiger partial charge in [0.05, 0.1) is 0 Å². The van der Waals surface area contributed by atoms with Gasteiger partial charge in [0.25, 0.3) is 5.95 Å². The van der Waals surface area contributed by atoms with Crippen LogP contribution in [0.1, 0.15) is 20.3 Å². The predicted octanol–water partition coefficient (Wildman–Crippen LogP) is 1.33. The molecule has 1 unspecified atom stereocenters.